The molecule has 2 heterocycles. The minimum Gasteiger partial charge on any atom is -0.459 e. The molecule has 1 amide bonds. The predicted octanol–water partition coefficient (Wildman–Crippen LogP) is 3.76. The second-order valence-electron chi connectivity index (χ2n) is 5.88. The molecule has 0 aliphatic rings. The van der Waals surface area contributed by atoms with Crippen molar-refractivity contribution < 1.29 is 14.3 Å². The van der Waals surface area contributed by atoms with Gasteiger partial charge in [0.2, 0.25) is 0 Å². The SMILES string of the molecule is Cc1nn(-c2ccccc2)c(Cl)c1COC(=O)C(C)NC(=O)c1cccs1. The lowest BCUT2D eigenvalue weighted by molar-refractivity contribution is -0.146. The minimum absolute atomic E-state index is 0.0183. The van der Waals surface area contributed by atoms with Crippen LogP contribution in [0.4, 0.5) is 0 Å². The fourth-order valence-corrected chi connectivity index (χ4v) is 3.39. The maximum atomic E-state index is 12.2. The van der Waals surface area contributed by atoms with Crippen LogP contribution in [0.3, 0.4) is 0 Å². The first kappa shape index (κ1) is 19.1. The van der Waals surface area contributed by atoms with Gasteiger partial charge in [0.05, 0.1) is 16.3 Å². The standard InChI is InChI=1S/C19H18ClN3O3S/c1-12-15(17(20)23(22-12)14-7-4-3-5-8-14)11-26-19(25)13(2)21-18(24)16-9-6-10-27-16/h3-10,13H,11H2,1-2H3,(H,21,24). The number of halogens is 1. The van der Waals surface area contributed by atoms with Gasteiger partial charge in [0.25, 0.3) is 5.91 Å². The molecule has 0 bridgehead atoms. The highest BCUT2D eigenvalue weighted by molar-refractivity contribution is 7.12. The number of nitrogens with one attached hydrogen (secondary N) is 1. The fourth-order valence-electron chi connectivity index (χ4n) is 2.44. The summed E-state index contributed by atoms with van der Waals surface area (Å²) in [5.74, 6) is -0.844. The van der Waals surface area contributed by atoms with Gasteiger partial charge in [-0.1, -0.05) is 35.9 Å². The van der Waals surface area contributed by atoms with Crippen molar-refractivity contribution in [3.8, 4) is 5.69 Å². The number of carbonyl (C=O) groups excluding carboxylic acids is 2. The molecule has 6 nitrogen and oxygen atoms in total. The maximum Gasteiger partial charge on any atom is 0.328 e. The van der Waals surface area contributed by atoms with E-state index in [4.69, 9.17) is 16.3 Å². The van der Waals surface area contributed by atoms with Gasteiger partial charge in [-0.3, -0.25) is 4.79 Å². The summed E-state index contributed by atoms with van der Waals surface area (Å²) in [7, 11) is 0. The number of ether oxygens (including phenoxy) is 1. The van der Waals surface area contributed by atoms with Crippen molar-refractivity contribution in [1.82, 2.24) is 15.1 Å². The molecular formula is C19H18ClN3O3S. The number of para-hydroxylation sites is 1. The second kappa shape index (κ2) is 8.37. The number of esters is 1. The summed E-state index contributed by atoms with van der Waals surface area (Å²) >= 11 is 7.73. The molecule has 8 heteroatoms. The van der Waals surface area contributed by atoms with Crippen LogP contribution in [0.15, 0.2) is 47.8 Å². The molecule has 0 radical (unpaired) electrons. The van der Waals surface area contributed by atoms with Crippen LogP contribution < -0.4 is 5.32 Å². The smallest absolute Gasteiger partial charge is 0.328 e. The Balaban J connectivity index is 1.63. The van der Waals surface area contributed by atoms with Crippen LogP contribution in [-0.4, -0.2) is 27.7 Å². The molecule has 0 aliphatic heterocycles. The van der Waals surface area contributed by atoms with E-state index in [0.29, 0.717) is 21.3 Å². The molecule has 3 aromatic rings. The normalized spacial score (nSPS) is 11.8. The Morgan fingerprint density at radius 2 is 2.00 bits per heavy atom. The Morgan fingerprint density at radius 1 is 1.26 bits per heavy atom. The van der Waals surface area contributed by atoms with Crippen LogP contribution in [0, 0.1) is 6.92 Å². The summed E-state index contributed by atoms with van der Waals surface area (Å²) < 4.78 is 6.93. The van der Waals surface area contributed by atoms with Gasteiger partial charge in [0, 0.05) is 5.56 Å². The number of benzene rings is 1. The zero-order valence-corrected chi connectivity index (χ0v) is 16.4. The summed E-state index contributed by atoms with van der Waals surface area (Å²) in [5.41, 5.74) is 2.12. The number of hydrogen-bond acceptors (Lipinski definition) is 5. The van der Waals surface area contributed by atoms with Gasteiger partial charge >= 0.3 is 5.97 Å². The van der Waals surface area contributed by atoms with E-state index in [0.717, 1.165) is 5.69 Å². The van der Waals surface area contributed by atoms with Crippen LogP contribution >= 0.6 is 22.9 Å². The predicted molar refractivity (Wildman–Crippen MR) is 104 cm³/mol. The zero-order valence-electron chi connectivity index (χ0n) is 14.8. The van der Waals surface area contributed by atoms with Crippen molar-refractivity contribution in [2.75, 3.05) is 0 Å². The quantitative estimate of drug-likeness (QED) is 0.636. The zero-order chi connectivity index (χ0) is 19.4. The molecule has 27 heavy (non-hydrogen) atoms. The molecule has 1 atom stereocenters. The van der Waals surface area contributed by atoms with Crippen molar-refractivity contribution in [2.45, 2.75) is 26.5 Å². The molecular weight excluding hydrogens is 386 g/mol. The average Bonchev–Trinajstić information content (AvgIpc) is 3.29. The highest BCUT2D eigenvalue weighted by Crippen LogP contribution is 2.24. The van der Waals surface area contributed by atoms with E-state index in [9.17, 15) is 9.59 Å². The number of nitrogens with zero attached hydrogens (tertiary/aromatic N) is 2. The molecule has 3 rings (SSSR count). The minimum atomic E-state index is -0.775. The fraction of sp³-hybridized carbons (Fsp3) is 0.211. The monoisotopic (exact) mass is 403 g/mol. The van der Waals surface area contributed by atoms with Crippen molar-refractivity contribution in [1.29, 1.82) is 0 Å². The lowest BCUT2D eigenvalue weighted by atomic mass is 10.2. The van der Waals surface area contributed by atoms with Gasteiger partial charge in [0.1, 0.15) is 17.8 Å². The van der Waals surface area contributed by atoms with Crippen LogP contribution in [0.25, 0.3) is 5.69 Å². The van der Waals surface area contributed by atoms with E-state index in [-0.39, 0.29) is 12.5 Å². The molecule has 1 aromatic carbocycles. The van der Waals surface area contributed by atoms with E-state index in [1.54, 1.807) is 36.0 Å². The molecule has 2 aromatic heterocycles. The van der Waals surface area contributed by atoms with Crippen molar-refractivity contribution in [3.05, 3.63) is 69.1 Å². The summed E-state index contributed by atoms with van der Waals surface area (Å²) in [4.78, 5) is 24.8. The van der Waals surface area contributed by atoms with Gasteiger partial charge in [-0.05, 0) is 37.4 Å². The summed E-state index contributed by atoms with van der Waals surface area (Å²) in [6.07, 6.45) is 0. The number of hydrogen-bond donors (Lipinski definition) is 1. The van der Waals surface area contributed by atoms with Crippen molar-refractivity contribution in [2.24, 2.45) is 0 Å². The van der Waals surface area contributed by atoms with E-state index < -0.39 is 12.0 Å². The Hall–Kier alpha value is -2.64. The van der Waals surface area contributed by atoms with Crippen LogP contribution in [0.1, 0.15) is 27.9 Å². The molecule has 0 aliphatic carbocycles. The van der Waals surface area contributed by atoms with Crippen LogP contribution in [0.5, 0.6) is 0 Å². The molecule has 0 saturated carbocycles. The first-order valence-corrected chi connectivity index (χ1v) is 9.53. The molecule has 0 fully saturated rings. The maximum absolute atomic E-state index is 12.2. The third kappa shape index (κ3) is 4.37. The third-order valence-corrected chi connectivity index (χ3v) is 5.18. The Labute approximate surface area is 165 Å². The molecule has 1 N–H and O–H groups in total. The van der Waals surface area contributed by atoms with Gasteiger partial charge in [-0.15, -0.1) is 11.3 Å². The van der Waals surface area contributed by atoms with Gasteiger partial charge in [0.15, 0.2) is 0 Å². The number of thiophene rings is 1. The highest BCUT2D eigenvalue weighted by atomic mass is 35.5. The second-order valence-corrected chi connectivity index (χ2v) is 7.19. The average molecular weight is 404 g/mol. The number of aryl methyl sites for hydroxylation is 1. The van der Waals surface area contributed by atoms with E-state index >= 15 is 0 Å². The van der Waals surface area contributed by atoms with Gasteiger partial charge < -0.3 is 10.1 Å². The number of rotatable bonds is 6. The van der Waals surface area contributed by atoms with E-state index in [2.05, 4.69) is 10.4 Å². The first-order valence-electron chi connectivity index (χ1n) is 8.27. The topological polar surface area (TPSA) is 73.2 Å². The lowest BCUT2D eigenvalue weighted by Crippen LogP contribution is -2.39. The Morgan fingerprint density at radius 3 is 2.67 bits per heavy atom. The lowest BCUT2D eigenvalue weighted by Gasteiger charge is -2.13. The molecule has 0 saturated heterocycles. The van der Waals surface area contributed by atoms with Crippen molar-refractivity contribution in [3.63, 3.8) is 0 Å². The third-order valence-electron chi connectivity index (χ3n) is 3.93. The summed E-state index contributed by atoms with van der Waals surface area (Å²) in [5, 5.41) is 9.22. The summed E-state index contributed by atoms with van der Waals surface area (Å²) in [6.45, 7) is 3.36. The highest BCUT2D eigenvalue weighted by Gasteiger charge is 2.21. The van der Waals surface area contributed by atoms with Crippen LogP contribution in [-0.2, 0) is 16.1 Å². The van der Waals surface area contributed by atoms with Gasteiger partial charge in [-0.25, -0.2) is 9.48 Å². The molecule has 1 unspecified atom stereocenters. The van der Waals surface area contributed by atoms with E-state index in [1.165, 1.54) is 11.3 Å². The number of carbonyl (C=O) groups is 2. The number of amides is 1. The summed E-state index contributed by atoms with van der Waals surface area (Å²) in [6, 6.07) is 12.1. The Bertz CT molecular complexity index is 939. The molecule has 140 valence electrons. The first-order chi connectivity index (χ1) is 13.0. The van der Waals surface area contributed by atoms with Crippen LogP contribution in [0.2, 0.25) is 5.15 Å². The number of aromatic nitrogens is 2. The van der Waals surface area contributed by atoms with E-state index in [1.807, 2.05) is 30.3 Å². The molecule has 0 spiro atoms. The Kier molecular flexibility index (Phi) is 5.93. The largest absolute Gasteiger partial charge is 0.459 e. The van der Waals surface area contributed by atoms with Crippen molar-refractivity contribution >= 4 is 34.8 Å². The van der Waals surface area contributed by atoms with Gasteiger partial charge in [-0.2, -0.15) is 5.10 Å².